The number of carbonyl (C=O) groups is 1. The molecule has 0 fully saturated rings. The van der Waals surface area contributed by atoms with Crippen molar-refractivity contribution in [3.05, 3.63) is 51.2 Å². The Morgan fingerprint density at radius 3 is 2.60 bits per heavy atom. The van der Waals surface area contributed by atoms with Crippen LogP contribution in [0.2, 0.25) is 4.34 Å². The summed E-state index contributed by atoms with van der Waals surface area (Å²) >= 11 is 7.20. The fraction of sp³-hybridized carbons (Fsp3) is 0.267. The molecule has 0 amide bonds. The molecule has 0 N–H and O–H groups in total. The van der Waals surface area contributed by atoms with Gasteiger partial charge in [0.1, 0.15) is 12.4 Å². The highest BCUT2D eigenvalue weighted by Crippen LogP contribution is 2.22. The van der Waals surface area contributed by atoms with Crippen LogP contribution in [0.4, 0.5) is 0 Å². The summed E-state index contributed by atoms with van der Waals surface area (Å²) in [6.07, 6.45) is 0.229. The Morgan fingerprint density at radius 1 is 1.20 bits per heavy atom. The summed E-state index contributed by atoms with van der Waals surface area (Å²) in [5.41, 5.74) is 1.17. The first kappa shape index (κ1) is 14.9. The maximum atomic E-state index is 11.5. The highest BCUT2D eigenvalue weighted by Gasteiger charge is 2.05. The highest BCUT2D eigenvalue weighted by molar-refractivity contribution is 7.16. The molecule has 0 saturated heterocycles. The second kappa shape index (κ2) is 7.31. The Morgan fingerprint density at radius 2 is 1.95 bits per heavy atom. The maximum Gasteiger partial charge on any atom is 0.309 e. The number of halogens is 1. The van der Waals surface area contributed by atoms with Gasteiger partial charge in [-0.1, -0.05) is 29.3 Å². The SMILES string of the molecule is Cc1ccc(OCCC(=O)OCc2ccc(Cl)s2)cc1. The van der Waals surface area contributed by atoms with Crippen LogP contribution in [0.15, 0.2) is 36.4 Å². The second-order valence-corrected chi connectivity index (χ2v) is 6.08. The molecule has 2 aromatic rings. The highest BCUT2D eigenvalue weighted by atomic mass is 35.5. The Kier molecular flexibility index (Phi) is 5.44. The van der Waals surface area contributed by atoms with Gasteiger partial charge in [0.25, 0.3) is 0 Å². The zero-order valence-electron chi connectivity index (χ0n) is 11.1. The van der Waals surface area contributed by atoms with Gasteiger partial charge in [-0.3, -0.25) is 4.79 Å². The van der Waals surface area contributed by atoms with Crippen molar-refractivity contribution in [3.8, 4) is 5.75 Å². The Hall–Kier alpha value is -1.52. The van der Waals surface area contributed by atoms with E-state index in [0.717, 1.165) is 10.6 Å². The molecule has 0 atom stereocenters. The van der Waals surface area contributed by atoms with E-state index in [0.29, 0.717) is 10.9 Å². The van der Waals surface area contributed by atoms with Crippen LogP contribution in [0.25, 0.3) is 0 Å². The normalized spacial score (nSPS) is 10.3. The van der Waals surface area contributed by atoms with E-state index < -0.39 is 0 Å². The summed E-state index contributed by atoms with van der Waals surface area (Å²) in [6.45, 7) is 2.59. The number of esters is 1. The topological polar surface area (TPSA) is 35.5 Å². The molecular formula is C15H15ClO3S. The number of carbonyl (C=O) groups excluding carboxylic acids is 1. The van der Waals surface area contributed by atoms with Gasteiger partial charge in [-0.05, 0) is 31.2 Å². The lowest BCUT2D eigenvalue weighted by Gasteiger charge is -2.06. The second-order valence-electron chi connectivity index (χ2n) is 4.28. The lowest BCUT2D eigenvalue weighted by molar-refractivity contribution is -0.145. The summed E-state index contributed by atoms with van der Waals surface area (Å²) in [6, 6.07) is 11.3. The van der Waals surface area contributed by atoms with E-state index in [4.69, 9.17) is 21.1 Å². The number of rotatable bonds is 6. The van der Waals surface area contributed by atoms with Crippen molar-refractivity contribution in [2.75, 3.05) is 6.61 Å². The third-order valence-corrected chi connectivity index (χ3v) is 3.80. The van der Waals surface area contributed by atoms with Crippen molar-refractivity contribution < 1.29 is 14.3 Å². The molecule has 5 heteroatoms. The zero-order valence-corrected chi connectivity index (χ0v) is 12.7. The van der Waals surface area contributed by atoms with E-state index in [2.05, 4.69) is 0 Å². The number of aryl methyl sites for hydroxylation is 1. The van der Waals surface area contributed by atoms with Crippen LogP contribution < -0.4 is 4.74 Å². The Bertz CT molecular complexity index is 563. The molecule has 3 nitrogen and oxygen atoms in total. The van der Waals surface area contributed by atoms with Crippen molar-refractivity contribution in [3.63, 3.8) is 0 Å². The number of benzene rings is 1. The number of hydrogen-bond acceptors (Lipinski definition) is 4. The fourth-order valence-corrected chi connectivity index (χ4v) is 2.54. The molecule has 0 saturated carbocycles. The van der Waals surface area contributed by atoms with Crippen LogP contribution in [0.1, 0.15) is 16.9 Å². The van der Waals surface area contributed by atoms with Gasteiger partial charge in [0.15, 0.2) is 0 Å². The minimum absolute atomic E-state index is 0.229. The average Bonchev–Trinajstić information content (AvgIpc) is 2.85. The minimum Gasteiger partial charge on any atom is -0.493 e. The summed E-state index contributed by atoms with van der Waals surface area (Å²) in [5, 5.41) is 0. The van der Waals surface area contributed by atoms with E-state index in [1.165, 1.54) is 16.9 Å². The van der Waals surface area contributed by atoms with Gasteiger partial charge < -0.3 is 9.47 Å². The average molecular weight is 311 g/mol. The Balaban J connectivity index is 1.66. The molecule has 1 aromatic heterocycles. The molecule has 0 bridgehead atoms. The van der Waals surface area contributed by atoms with Gasteiger partial charge in [0.05, 0.1) is 17.4 Å². The summed E-state index contributed by atoms with van der Waals surface area (Å²) in [5.74, 6) is 0.482. The van der Waals surface area contributed by atoms with Crippen molar-refractivity contribution in [1.29, 1.82) is 0 Å². The summed E-state index contributed by atoms with van der Waals surface area (Å²) in [4.78, 5) is 12.5. The molecule has 0 unspecified atom stereocenters. The molecule has 106 valence electrons. The molecule has 0 aliphatic carbocycles. The van der Waals surface area contributed by atoms with Gasteiger partial charge in [-0.2, -0.15) is 0 Å². The molecule has 1 heterocycles. The number of hydrogen-bond donors (Lipinski definition) is 0. The summed E-state index contributed by atoms with van der Waals surface area (Å²) < 4.78 is 11.3. The van der Waals surface area contributed by atoms with Gasteiger partial charge in [-0.15, -0.1) is 11.3 Å². The van der Waals surface area contributed by atoms with Crippen LogP contribution in [0, 0.1) is 6.92 Å². The Labute approximate surface area is 127 Å². The monoisotopic (exact) mass is 310 g/mol. The lowest BCUT2D eigenvalue weighted by atomic mass is 10.2. The van der Waals surface area contributed by atoms with Gasteiger partial charge in [0.2, 0.25) is 0 Å². The minimum atomic E-state index is -0.276. The van der Waals surface area contributed by atoms with Crippen LogP contribution in [-0.4, -0.2) is 12.6 Å². The molecule has 0 radical (unpaired) electrons. The van der Waals surface area contributed by atoms with Crippen LogP contribution in [0.3, 0.4) is 0 Å². The van der Waals surface area contributed by atoms with E-state index >= 15 is 0 Å². The summed E-state index contributed by atoms with van der Waals surface area (Å²) in [7, 11) is 0. The van der Waals surface area contributed by atoms with Gasteiger partial charge in [0, 0.05) is 4.88 Å². The van der Waals surface area contributed by atoms with E-state index in [9.17, 15) is 4.79 Å². The first-order valence-corrected chi connectivity index (χ1v) is 7.42. The maximum absolute atomic E-state index is 11.5. The van der Waals surface area contributed by atoms with E-state index in [-0.39, 0.29) is 19.0 Å². The van der Waals surface area contributed by atoms with Crippen LogP contribution in [0.5, 0.6) is 5.75 Å². The molecule has 0 spiro atoms. The molecular weight excluding hydrogens is 296 g/mol. The predicted octanol–water partition coefficient (Wildman–Crippen LogP) is 4.22. The molecule has 0 aliphatic rings. The quantitative estimate of drug-likeness (QED) is 0.749. The number of thiophene rings is 1. The predicted molar refractivity (Wildman–Crippen MR) is 80.4 cm³/mol. The molecule has 0 aliphatic heterocycles. The molecule has 1 aromatic carbocycles. The lowest BCUT2D eigenvalue weighted by Crippen LogP contribution is -2.09. The smallest absolute Gasteiger partial charge is 0.309 e. The van der Waals surface area contributed by atoms with Crippen LogP contribution >= 0.6 is 22.9 Å². The third kappa shape index (κ3) is 4.87. The van der Waals surface area contributed by atoms with Gasteiger partial charge in [-0.25, -0.2) is 0 Å². The first-order chi connectivity index (χ1) is 9.63. The first-order valence-electron chi connectivity index (χ1n) is 6.23. The van der Waals surface area contributed by atoms with Crippen molar-refractivity contribution >= 4 is 28.9 Å². The third-order valence-electron chi connectivity index (χ3n) is 2.60. The largest absolute Gasteiger partial charge is 0.493 e. The molecule has 2 rings (SSSR count). The van der Waals surface area contributed by atoms with Crippen molar-refractivity contribution in [2.24, 2.45) is 0 Å². The number of ether oxygens (including phenoxy) is 2. The zero-order chi connectivity index (χ0) is 14.4. The van der Waals surface area contributed by atoms with Crippen LogP contribution in [-0.2, 0) is 16.1 Å². The van der Waals surface area contributed by atoms with E-state index in [1.807, 2.05) is 37.3 Å². The van der Waals surface area contributed by atoms with Crippen molar-refractivity contribution in [1.82, 2.24) is 0 Å². The standard InChI is InChI=1S/C15H15ClO3S/c1-11-2-4-12(5-3-11)18-9-8-15(17)19-10-13-6-7-14(16)20-13/h2-7H,8-10H2,1H3. The fourth-order valence-electron chi connectivity index (χ4n) is 1.54. The van der Waals surface area contributed by atoms with Gasteiger partial charge >= 0.3 is 5.97 Å². The van der Waals surface area contributed by atoms with Crippen molar-refractivity contribution in [2.45, 2.75) is 20.0 Å². The van der Waals surface area contributed by atoms with E-state index in [1.54, 1.807) is 6.07 Å². The molecule has 20 heavy (non-hydrogen) atoms.